The summed E-state index contributed by atoms with van der Waals surface area (Å²) in [6, 6.07) is 9.54. The first-order valence-electron chi connectivity index (χ1n) is 6.58. The Kier molecular flexibility index (Phi) is 6.56. The van der Waals surface area contributed by atoms with Crippen molar-refractivity contribution in [1.29, 1.82) is 0 Å². The standard InChI is InChI=1S/C15H12ClF2NO2S2/c16-13-7-6-12(22-13)10(20)5-8-14(21)19-9-3-1-2-4-11(9)23-15(17)18/h1-4,6-7,15H,5,8H2,(H,19,21). The molecule has 0 bridgehead atoms. The number of halogens is 3. The minimum Gasteiger partial charge on any atom is -0.325 e. The summed E-state index contributed by atoms with van der Waals surface area (Å²) in [6.45, 7) is 0. The number of rotatable bonds is 7. The van der Waals surface area contributed by atoms with Crippen LogP contribution in [0.1, 0.15) is 22.5 Å². The van der Waals surface area contributed by atoms with Crippen molar-refractivity contribution in [3.8, 4) is 0 Å². The molecule has 1 aromatic carbocycles. The summed E-state index contributed by atoms with van der Waals surface area (Å²) >= 11 is 7.28. The molecule has 0 saturated heterocycles. The van der Waals surface area contributed by atoms with E-state index in [1.807, 2.05) is 0 Å². The second-order valence-electron chi connectivity index (χ2n) is 4.45. The highest BCUT2D eigenvalue weighted by molar-refractivity contribution is 7.99. The van der Waals surface area contributed by atoms with Crippen LogP contribution in [0.25, 0.3) is 0 Å². The zero-order valence-corrected chi connectivity index (χ0v) is 14.1. The lowest BCUT2D eigenvalue weighted by Crippen LogP contribution is -2.13. The first-order valence-corrected chi connectivity index (χ1v) is 8.65. The van der Waals surface area contributed by atoms with Gasteiger partial charge >= 0.3 is 0 Å². The number of hydrogen-bond donors (Lipinski definition) is 1. The molecule has 0 saturated carbocycles. The maximum Gasteiger partial charge on any atom is 0.288 e. The lowest BCUT2D eigenvalue weighted by Gasteiger charge is -2.10. The van der Waals surface area contributed by atoms with E-state index in [4.69, 9.17) is 11.6 Å². The zero-order chi connectivity index (χ0) is 16.8. The Morgan fingerprint density at radius 1 is 1.17 bits per heavy atom. The SMILES string of the molecule is O=C(CCC(=O)c1ccc(Cl)s1)Nc1ccccc1SC(F)F. The van der Waals surface area contributed by atoms with Gasteiger partial charge in [0.15, 0.2) is 5.78 Å². The largest absolute Gasteiger partial charge is 0.325 e. The van der Waals surface area contributed by atoms with Crippen LogP contribution in [-0.2, 0) is 4.79 Å². The van der Waals surface area contributed by atoms with Gasteiger partial charge in [-0.1, -0.05) is 35.5 Å². The fraction of sp³-hybridized carbons (Fsp3) is 0.200. The number of benzene rings is 1. The molecule has 3 nitrogen and oxygen atoms in total. The molecule has 1 heterocycles. The number of carbonyl (C=O) groups excluding carboxylic acids is 2. The molecular formula is C15H12ClF2NO2S2. The second kappa shape index (κ2) is 8.42. The number of alkyl halides is 2. The molecule has 0 unspecified atom stereocenters. The number of amides is 1. The van der Waals surface area contributed by atoms with E-state index in [1.165, 1.54) is 6.07 Å². The number of hydrogen-bond acceptors (Lipinski definition) is 4. The van der Waals surface area contributed by atoms with E-state index in [2.05, 4.69) is 5.32 Å². The minimum absolute atomic E-state index is 0.0258. The Labute approximate surface area is 145 Å². The van der Waals surface area contributed by atoms with Crippen molar-refractivity contribution in [2.24, 2.45) is 0 Å². The summed E-state index contributed by atoms with van der Waals surface area (Å²) in [5.41, 5.74) is 0.314. The van der Waals surface area contributed by atoms with Crippen molar-refractivity contribution in [1.82, 2.24) is 0 Å². The van der Waals surface area contributed by atoms with E-state index in [0.29, 0.717) is 26.7 Å². The number of para-hydroxylation sites is 1. The Balaban J connectivity index is 1.91. The fourth-order valence-corrected chi connectivity index (χ4v) is 3.40. The minimum atomic E-state index is -2.57. The third-order valence-corrected chi connectivity index (χ3v) is 4.86. The number of ketones is 1. The number of anilines is 1. The van der Waals surface area contributed by atoms with Crippen LogP contribution in [0, 0.1) is 0 Å². The van der Waals surface area contributed by atoms with E-state index >= 15 is 0 Å². The van der Waals surface area contributed by atoms with Crippen LogP contribution in [0.2, 0.25) is 4.34 Å². The topological polar surface area (TPSA) is 46.2 Å². The van der Waals surface area contributed by atoms with Crippen LogP contribution in [0.5, 0.6) is 0 Å². The third kappa shape index (κ3) is 5.60. The molecule has 0 fully saturated rings. The summed E-state index contributed by atoms with van der Waals surface area (Å²) in [5.74, 6) is -3.14. The molecular weight excluding hydrogens is 364 g/mol. The van der Waals surface area contributed by atoms with E-state index < -0.39 is 11.7 Å². The first kappa shape index (κ1) is 17.9. The number of carbonyl (C=O) groups is 2. The normalized spacial score (nSPS) is 10.8. The summed E-state index contributed by atoms with van der Waals surface area (Å²) in [6.07, 6.45) is 0.00879. The number of nitrogens with one attached hydrogen (secondary N) is 1. The van der Waals surface area contributed by atoms with Crippen LogP contribution in [0.3, 0.4) is 0 Å². The Hall–Kier alpha value is -1.44. The molecule has 1 aromatic heterocycles. The van der Waals surface area contributed by atoms with E-state index in [0.717, 1.165) is 11.3 Å². The summed E-state index contributed by atoms with van der Waals surface area (Å²) in [5, 5.41) is 2.56. The van der Waals surface area contributed by atoms with Crippen LogP contribution in [0.4, 0.5) is 14.5 Å². The van der Waals surface area contributed by atoms with Gasteiger partial charge in [-0.2, -0.15) is 8.78 Å². The van der Waals surface area contributed by atoms with Gasteiger partial charge in [0, 0.05) is 17.7 Å². The Morgan fingerprint density at radius 2 is 1.91 bits per heavy atom. The van der Waals surface area contributed by atoms with Gasteiger partial charge in [-0.05, 0) is 24.3 Å². The molecule has 8 heteroatoms. The smallest absolute Gasteiger partial charge is 0.288 e. The quantitative estimate of drug-likeness (QED) is 0.526. The van der Waals surface area contributed by atoms with Crippen molar-refractivity contribution >= 4 is 52.1 Å². The molecule has 122 valence electrons. The van der Waals surface area contributed by atoms with Gasteiger partial charge in [-0.25, -0.2) is 0 Å². The van der Waals surface area contributed by atoms with Crippen molar-refractivity contribution in [2.75, 3.05) is 5.32 Å². The maximum absolute atomic E-state index is 12.5. The van der Waals surface area contributed by atoms with E-state index in [1.54, 1.807) is 30.3 Å². The summed E-state index contributed by atoms with van der Waals surface area (Å²) in [7, 11) is 0. The molecule has 2 rings (SSSR count). The molecule has 0 aliphatic carbocycles. The highest BCUT2D eigenvalue weighted by Gasteiger charge is 2.14. The Bertz CT molecular complexity index is 706. The highest BCUT2D eigenvalue weighted by atomic mass is 35.5. The van der Waals surface area contributed by atoms with Crippen molar-refractivity contribution < 1.29 is 18.4 Å². The lowest BCUT2D eigenvalue weighted by atomic mass is 10.2. The first-order chi connectivity index (χ1) is 11.0. The summed E-state index contributed by atoms with van der Waals surface area (Å²) < 4.78 is 25.5. The van der Waals surface area contributed by atoms with Crippen molar-refractivity contribution in [3.05, 3.63) is 45.6 Å². The predicted octanol–water partition coefficient (Wildman–Crippen LogP) is 5.32. The number of Topliss-reactive ketones (excluding diaryl/α,β-unsaturated/α-hetero) is 1. The molecule has 2 aromatic rings. The van der Waals surface area contributed by atoms with E-state index in [9.17, 15) is 18.4 Å². The zero-order valence-electron chi connectivity index (χ0n) is 11.7. The lowest BCUT2D eigenvalue weighted by molar-refractivity contribution is -0.116. The highest BCUT2D eigenvalue weighted by Crippen LogP contribution is 2.31. The molecule has 0 atom stereocenters. The van der Waals surface area contributed by atoms with Gasteiger partial charge in [-0.3, -0.25) is 9.59 Å². The van der Waals surface area contributed by atoms with E-state index in [-0.39, 0.29) is 23.5 Å². The van der Waals surface area contributed by atoms with Gasteiger partial charge in [-0.15, -0.1) is 11.3 Å². The molecule has 0 radical (unpaired) electrons. The second-order valence-corrected chi connectivity index (χ2v) is 7.20. The molecule has 23 heavy (non-hydrogen) atoms. The van der Waals surface area contributed by atoms with Crippen LogP contribution < -0.4 is 5.32 Å². The van der Waals surface area contributed by atoms with Crippen LogP contribution in [0.15, 0.2) is 41.3 Å². The maximum atomic E-state index is 12.5. The third-order valence-electron chi connectivity index (χ3n) is 2.80. The van der Waals surface area contributed by atoms with Crippen molar-refractivity contribution in [3.63, 3.8) is 0 Å². The van der Waals surface area contributed by atoms with Gasteiger partial charge in [0.1, 0.15) is 0 Å². The molecule has 0 aliphatic rings. The fourth-order valence-electron chi connectivity index (χ4n) is 1.80. The molecule has 0 spiro atoms. The molecule has 1 N–H and O–H groups in total. The molecule has 0 aliphatic heterocycles. The number of thiophene rings is 1. The molecule has 1 amide bonds. The monoisotopic (exact) mass is 375 g/mol. The number of thioether (sulfide) groups is 1. The van der Waals surface area contributed by atoms with Crippen molar-refractivity contribution in [2.45, 2.75) is 23.5 Å². The summed E-state index contributed by atoms with van der Waals surface area (Å²) in [4.78, 5) is 24.6. The van der Waals surface area contributed by atoms with Crippen LogP contribution in [-0.4, -0.2) is 17.4 Å². The van der Waals surface area contributed by atoms with Crippen LogP contribution >= 0.6 is 34.7 Å². The van der Waals surface area contributed by atoms with Gasteiger partial charge < -0.3 is 5.32 Å². The average molecular weight is 376 g/mol. The predicted molar refractivity (Wildman–Crippen MR) is 89.8 cm³/mol. The average Bonchev–Trinajstić information content (AvgIpc) is 2.93. The van der Waals surface area contributed by atoms with Gasteiger partial charge in [0.05, 0.1) is 14.9 Å². The van der Waals surface area contributed by atoms with Gasteiger partial charge in [0.2, 0.25) is 5.91 Å². The Morgan fingerprint density at radius 3 is 2.57 bits per heavy atom. The van der Waals surface area contributed by atoms with Gasteiger partial charge in [0.25, 0.3) is 5.76 Å².